The topological polar surface area (TPSA) is 79.7 Å². The number of nitrogens with one attached hydrogen (secondary N) is 2. The van der Waals surface area contributed by atoms with Gasteiger partial charge in [0.1, 0.15) is 0 Å². The van der Waals surface area contributed by atoms with Gasteiger partial charge in [0.25, 0.3) is 5.69 Å². The van der Waals surface area contributed by atoms with E-state index in [2.05, 4.69) is 15.5 Å². The maximum Gasteiger partial charge on any atom is 0.269 e. The van der Waals surface area contributed by atoms with Crippen molar-refractivity contribution >= 4 is 28.7 Å². The summed E-state index contributed by atoms with van der Waals surface area (Å²) < 4.78 is 5.52. The Morgan fingerprint density at radius 2 is 1.85 bits per heavy atom. The van der Waals surface area contributed by atoms with E-state index < -0.39 is 4.92 Å². The van der Waals surface area contributed by atoms with Gasteiger partial charge >= 0.3 is 0 Å². The van der Waals surface area contributed by atoms with Crippen molar-refractivity contribution < 1.29 is 9.66 Å². The van der Waals surface area contributed by atoms with E-state index >= 15 is 0 Å². The smallest absolute Gasteiger partial charge is 0.269 e. The number of nitro groups is 1. The van der Waals surface area contributed by atoms with Crippen molar-refractivity contribution in [3.8, 4) is 0 Å². The van der Waals surface area contributed by atoms with E-state index in [4.69, 9.17) is 17.0 Å². The number of rotatable bonds is 5. The van der Waals surface area contributed by atoms with Gasteiger partial charge in [-0.25, -0.2) is 0 Å². The van der Waals surface area contributed by atoms with E-state index in [-0.39, 0.29) is 11.2 Å². The molecule has 1 saturated heterocycles. The van der Waals surface area contributed by atoms with Crippen LogP contribution >= 0.6 is 12.2 Å². The third-order valence-electron chi connectivity index (χ3n) is 5.38. The highest BCUT2D eigenvalue weighted by molar-refractivity contribution is 7.80. The Hall–Kier alpha value is -1.77. The van der Waals surface area contributed by atoms with Crippen molar-refractivity contribution in [2.75, 3.05) is 38.2 Å². The average molecular weight is 378 g/mol. The zero-order chi connectivity index (χ0) is 18.4. The minimum atomic E-state index is -0.407. The van der Waals surface area contributed by atoms with Crippen LogP contribution in [0.2, 0.25) is 0 Å². The maximum atomic E-state index is 10.7. The Morgan fingerprint density at radius 3 is 2.46 bits per heavy atom. The number of nitrogens with zero attached hydrogens (tertiary/aromatic N) is 2. The van der Waals surface area contributed by atoms with Gasteiger partial charge in [-0.05, 0) is 37.2 Å². The third-order valence-corrected chi connectivity index (χ3v) is 5.63. The number of thiocarbonyl (C=S) groups is 1. The number of hydrogen-bond acceptors (Lipinski definition) is 5. The molecule has 1 heterocycles. The van der Waals surface area contributed by atoms with Crippen LogP contribution in [0.4, 0.5) is 11.4 Å². The van der Waals surface area contributed by atoms with E-state index in [0.717, 1.165) is 38.5 Å². The molecule has 1 aliphatic carbocycles. The second-order valence-electron chi connectivity index (χ2n) is 7.00. The second kappa shape index (κ2) is 8.75. The summed E-state index contributed by atoms with van der Waals surface area (Å²) in [4.78, 5) is 12.9. The van der Waals surface area contributed by atoms with Crippen LogP contribution in [-0.4, -0.2) is 53.3 Å². The minimum absolute atomic E-state index is 0.0721. The Labute approximate surface area is 159 Å². The van der Waals surface area contributed by atoms with Gasteiger partial charge in [-0.3, -0.25) is 15.0 Å². The molecule has 0 unspecified atom stereocenters. The van der Waals surface area contributed by atoms with E-state index in [1.165, 1.54) is 44.2 Å². The quantitative estimate of drug-likeness (QED) is 0.463. The average Bonchev–Trinajstić information content (AvgIpc) is 2.68. The SMILES string of the molecule is O=[N+]([O-])c1ccc(NC(=S)NCC2(N3CCOCC3)CCCCC2)cc1. The van der Waals surface area contributed by atoms with Crippen LogP contribution in [0.5, 0.6) is 0 Å². The van der Waals surface area contributed by atoms with Crippen molar-refractivity contribution in [1.29, 1.82) is 0 Å². The molecule has 2 fully saturated rings. The van der Waals surface area contributed by atoms with Crippen LogP contribution in [0.3, 0.4) is 0 Å². The minimum Gasteiger partial charge on any atom is -0.379 e. The Balaban J connectivity index is 1.57. The molecule has 7 nitrogen and oxygen atoms in total. The lowest BCUT2D eigenvalue weighted by atomic mass is 9.80. The van der Waals surface area contributed by atoms with Crippen molar-refractivity contribution in [2.24, 2.45) is 0 Å². The third kappa shape index (κ3) is 4.69. The zero-order valence-electron chi connectivity index (χ0n) is 14.9. The first-order valence-corrected chi connectivity index (χ1v) is 9.62. The van der Waals surface area contributed by atoms with Crippen molar-refractivity contribution in [2.45, 2.75) is 37.6 Å². The number of ether oxygens (including phenoxy) is 1. The van der Waals surface area contributed by atoms with Crippen LogP contribution in [0.15, 0.2) is 24.3 Å². The summed E-state index contributed by atoms with van der Waals surface area (Å²) in [5, 5.41) is 17.8. The molecule has 26 heavy (non-hydrogen) atoms. The first-order valence-electron chi connectivity index (χ1n) is 9.21. The fraction of sp³-hybridized carbons (Fsp3) is 0.611. The summed E-state index contributed by atoms with van der Waals surface area (Å²) >= 11 is 5.44. The first kappa shape index (κ1) is 19.0. The molecule has 2 aliphatic rings. The highest BCUT2D eigenvalue weighted by Crippen LogP contribution is 2.33. The monoisotopic (exact) mass is 378 g/mol. The van der Waals surface area contributed by atoms with Gasteiger partial charge in [-0.2, -0.15) is 0 Å². The molecule has 0 aromatic heterocycles. The molecule has 2 N–H and O–H groups in total. The number of morpholine rings is 1. The summed E-state index contributed by atoms with van der Waals surface area (Å²) in [6, 6.07) is 6.29. The largest absolute Gasteiger partial charge is 0.379 e. The van der Waals surface area contributed by atoms with Crippen LogP contribution in [0.25, 0.3) is 0 Å². The summed E-state index contributed by atoms with van der Waals surface area (Å²) in [7, 11) is 0. The fourth-order valence-electron chi connectivity index (χ4n) is 3.94. The predicted molar refractivity (Wildman–Crippen MR) is 106 cm³/mol. The van der Waals surface area contributed by atoms with Crippen LogP contribution < -0.4 is 10.6 Å². The van der Waals surface area contributed by atoms with E-state index in [9.17, 15) is 10.1 Å². The molecule has 0 radical (unpaired) electrons. The van der Waals surface area contributed by atoms with Crippen molar-refractivity contribution in [3.05, 3.63) is 34.4 Å². The van der Waals surface area contributed by atoms with Crippen molar-refractivity contribution in [3.63, 3.8) is 0 Å². The predicted octanol–water partition coefficient (Wildman–Crippen LogP) is 2.92. The highest BCUT2D eigenvalue weighted by Gasteiger charge is 2.38. The van der Waals surface area contributed by atoms with E-state index in [1.54, 1.807) is 12.1 Å². The van der Waals surface area contributed by atoms with Crippen LogP contribution in [0, 0.1) is 10.1 Å². The maximum absolute atomic E-state index is 10.7. The molecule has 142 valence electrons. The van der Waals surface area contributed by atoms with Gasteiger partial charge in [-0.1, -0.05) is 19.3 Å². The van der Waals surface area contributed by atoms with Gasteiger partial charge in [-0.15, -0.1) is 0 Å². The lowest BCUT2D eigenvalue weighted by molar-refractivity contribution is -0.384. The molecule has 1 aromatic rings. The van der Waals surface area contributed by atoms with Gasteiger partial charge in [0.15, 0.2) is 5.11 Å². The first-order chi connectivity index (χ1) is 12.6. The van der Waals surface area contributed by atoms with Gasteiger partial charge in [0.05, 0.1) is 18.1 Å². The Morgan fingerprint density at radius 1 is 1.19 bits per heavy atom. The molecule has 0 spiro atoms. The molecular formula is C18H26N4O3S. The number of hydrogen-bond donors (Lipinski definition) is 2. The molecule has 3 rings (SSSR count). The molecule has 1 aromatic carbocycles. The normalized spacial score (nSPS) is 20.3. The summed E-state index contributed by atoms with van der Waals surface area (Å²) in [5.41, 5.74) is 0.962. The molecule has 0 bridgehead atoms. The van der Waals surface area contributed by atoms with E-state index in [0.29, 0.717) is 5.11 Å². The van der Waals surface area contributed by atoms with Gasteiger partial charge < -0.3 is 15.4 Å². The fourth-order valence-corrected chi connectivity index (χ4v) is 4.13. The molecule has 8 heteroatoms. The van der Waals surface area contributed by atoms with Gasteiger partial charge in [0, 0.05) is 43.0 Å². The standard InChI is InChI=1S/C18H26N4O3S/c23-22(24)16-6-4-15(5-7-16)20-17(26)19-14-18(8-2-1-3-9-18)21-10-12-25-13-11-21/h4-7H,1-3,8-14H2,(H2,19,20,26). The van der Waals surface area contributed by atoms with Crippen LogP contribution in [-0.2, 0) is 4.74 Å². The summed E-state index contributed by atoms with van der Waals surface area (Å²) in [6.07, 6.45) is 6.17. The van der Waals surface area contributed by atoms with Gasteiger partial charge in [0.2, 0.25) is 0 Å². The Bertz CT molecular complexity index is 626. The number of nitro benzene ring substituents is 1. The molecule has 1 aliphatic heterocycles. The highest BCUT2D eigenvalue weighted by atomic mass is 32.1. The second-order valence-corrected chi connectivity index (χ2v) is 7.40. The van der Waals surface area contributed by atoms with E-state index in [1.807, 2.05) is 0 Å². The summed E-state index contributed by atoms with van der Waals surface area (Å²) in [5.74, 6) is 0. The van der Waals surface area contributed by atoms with Crippen LogP contribution in [0.1, 0.15) is 32.1 Å². The lowest BCUT2D eigenvalue weighted by Gasteiger charge is -2.48. The number of anilines is 1. The van der Waals surface area contributed by atoms with Crippen molar-refractivity contribution in [1.82, 2.24) is 10.2 Å². The lowest BCUT2D eigenvalue weighted by Crippen LogP contribution is -2.60. The molecule has 0 amide bonds. The molecular weight excluding hydrogens is 352 g/mol. The number of benzene rings is 1. The number of non-ortho nitro benzene ring substituents is 1. The molecule has 1 saturated carbocycles. The Kier molecular flexibility index (Phi) is 6.39. The summed E-state index contributed by atoms with van der Waals surface area (Å²) in [6.45, 7) is 4.36. The molecule has 0 atom stereocenters. The zero-order valence-corrected chi connectivity index (χ0v) is 15.7.